The van der Waals surface area contributed by atoms with Crippen molar-refractivity contribution in [3.8, 4) is 5.75 Å². The van der Waals surface area contributed by atoms with Crippen LogP contribution in [0.1, 0.15) is 18.4 Å². The van der Waals surface area contributed by atoms with Crippen molar-refractivity contribution in [2.24, 2.45) is 0 Å². The number of alkyl halides is 1. The zero-order chi connectivity index (χ0) is 10.4. The number of ether oxygens (including phenoxy) is 1. The predicted molar refractivity (Wildman–Crippen MR) is 64.7 cm³/mol. The first kappa shape index (κ1) is 11.9. The molecule has 0 N–H and O–H groups in total. The summed E-state index contributed by atoms with van der Waals surface area (Å²) in [5.74, 6) is 0.784. The summed E-state index contributed by atoms with van der Waals surface area (Å²) >= 11 is 9.39. The molecular weight excluding hydrogens is 263 g/mol. The Kier molecular flexibility index (Phi) is 5.34. The molecule has 0 aromatic heterocycles. The van der Waals surface area contributed by atoms with E-state index in [1.807, 2.05) is 25.1 Å². The monoisotopic (exact) mass is 276 g/mol. The van der Waals surface area contributed by atoms with E-state index in [1.54, 1.807) is 0 Å². The molecule has 0 atom stereocenters. The van der Waals surface area contributed by atoms with Gasteiger partial charge < -0.3 is 4.74 Å². The second-order valence-electron chi connectivity index (χ2n) is 3.18. The number of halogens is 2. The Labute approximate surface area is 98.5 Å². The van der Waals surface area contributed by atoms with Crippen LogP contribution in [0.25, 0.3) is 0 Å². The van der Waals surface area contributed by atoms with Crippen LogP contribution in [0.5, 0.6) is 5.75 Å². The van der Waals surface area contributed by atoms with E-state index in [9.17, 15) is 0 Å². The lowest BCUT2D eigenvalue weighted by atomic mass is 10.2. The normalized spacial score (nSPS) is 10.2. The molecule has 0 amide bonds. The Morgan fingerprint density at radius 1 is 1.36 bits per heavy atom. The van der Waals surface area contributed by atoms with Crippen LogP contribution >= 0.6 is 27.5 Å². The molecule has 1 nitrogen and oxygen atoms in total. The van der Waals surface area contributed by atoms with Crippen molar-refractivity contribution < 1.29 is 4.74 Å². The van der Waals surface area contributed by atoms with Gasteiger partial charge in [-0.3, -0.25) is 0 Å². The number of rotatable bonds is 5. The summed E-state index contributed by atoms with van der Waals surface area (Å²) in [4.78, 5) is 0. The highest BCUT2D eigenvalue weighted by molar-refractivity contribution is 9.09. The molecule has 0 aliphatic carbocycles. The zero-order valence-electron chi connectivity index (χ0n) is 8.22. The third kappa shape index (κ3) is 3.89. The zero-order valence-corrected chi connectivity index (χ0v) is 10.6. The Morgan fingerprint density at radius 2 is 2.14 bits per heavy atom. The van der Waals surface area contributed by atoms with E-state index in [1.165, 1.54) is 0 Å². The molecule has 0 fully saturated rings. The van der Waals surface area contributed by atoms with E-state index in [0.29, 0.717) is 5.02 Å². The van der Waals surface area contributed by atoms with Crippen LogP contribution in [-0.2, 0) is 0 Å². The lowest BCUT2D eigenvalue weighted by Gasteiger charge is -2.07. The highest BCUT2D eigenvalue weighted by atomic mass is 79.9. The molecule has 0 heterocycles. The Balaban J connectivity index is 2.42. The lowest BCUT2D eigenvalue weighted by Crippen LogP contribution is -1.98. The largest absolute Gasteiger partial charge is 0.492 e. The summed E-state index contributed by atoms with van der Waals surface area (Å²) in [6, 6.07) is 5.85. The van der Waals surface area contributed by atoms with Gasteiger partial charge in [0.05, 0.1) is 11.6 Å². The van der Waals surface area contributed by atoms with Gasteiger partial charge in [-0.05, 0) is 37.5 Å². The van der Waals surface area contributed by atoms with E-state index in [-0.39, 0.29) is 0 Å². The van der Waals surface area contributed by atoms with Crippen LogP contribution in [0.15, 0.2) is 18.2 Å². The summed E-state index contributed by atoms with van der Waals surface area (Å²) in [5, 5.41) is 1.72. The molecule has 3 heteroatoms. The van der Waals surface area contributed by atoms with Crippen molar-refractivity contribution in [2.75, 3.05) is 11.9 Å². The van der Waals surface area contributed by atoms with Gasteiger partial charge in [-0.2, -0.15) is 0 Å². The molecule has 78 valence electrons. The maximum absolute atomic E-state index is 6.01. The quantitative estimate of drug-likeness (QED) is 0.579. The van der Waals surface area contributed by atoms with Crippen molar-refractivity contribution >= 4 is 27.5 Å². The minimum atomic E-state index is 0.698. The maximum Gasteiger partial charge on any atom is 0.137 e. The van der Waals surface area contributed by atoms with Gasteiger partial charge in [0.2, 0.25) is 0 Å². The van der Waals surface area contributed by atoms with Crippen molar-refractivity contribution in [1.82, 2.24) is 0 Å². The van der Waals surface area contributed by atoms with Gasteiger partial charge >= 0.3 is 0 Å². The number of hydrogen-bond acceptors (Lipinski definition) is 1. The van der Waals surface area contributed by atoms with Gasteiger partial charge in [-0.15, -0.1) is 0 Å². The highest BCUT2D eigenvalue weighted by Gasteiger charge is 2.00. The van der Waals surface area contributed by atoms with E-state index in [2.05, 4.69) is 15.9 Å². The maximum atomic E-state index is 6.01. The molecule has 0 spiro atoms. The van der Waals surface area contributed by atoms with E-state index in [4.69, 9.17) is 16.3 Å². The van der Waals surface area contributed by atoms with Gasteiger partial charge in [-0.25, -0.2) is 0 Å². The van der Waals surface area contributed by atoms with Crippen molar-refractivity contribution in [3.05, 3.63) is 28.8 Å². The second-order valence-corrected chi connectivity index (χ2v) is 4.38. The molecule has 0 saturated carbocycles. The SMILES string of the molecule is Cc1ccc(OCCCCBr)c(Cl)c1. The van der Waals surface area contributed by atoms with Crippen LogP contribution in [0.3, 0.4) is 0 Å². The molecule has 0 saturated heterocycles. The standard InChI is InChI=1S/C11H14BrClO/c1-9-4-5-11(10(13)8-9)14-7-3-2-6-12/h4-5,8H,2-3,6-7H2,1H3. The number of aryl methyl sites for hydroxylation is 1. The Morgan fingerprint density at radius 3 is 2.79 bits per heavy atom. The van der Waals surface area contributed by atoms with Crippen LogP contribution in [0.2, 0.25) is 5.02 Å². The smallest absolute Gasteiger partial charge is 0.137 e. The number of hydrogen-bond donors (Lipinski definition) is 0. The van der Waals surface area contributed by atoms with E-state index >= 15 is 0 Å². The van der Waals surface area contributed by atoms with Gasteiger partial charge in [-0.1, -0.05) is 33.6 Å². The highest BCUT2D eigenvalue weighted by Crippen LogP contribution is 2.25. The minimum Gasteiger partial charge on any atom is -0.492 e. The first-order valence-corrected chi connectivity index (χ1v) is 6.19. The summed E-state index contributed by atoms with van der Waals surface area (Å²) < 4.78 is 5.54. The number of benzene rings is 1. The van der Waals surface area contributed by atoms with Crippen LogP contribution in [0, 0.1) is 6.92 Å². The minimum absolute atomic E-state index is 0.698. The van der Waals surface area contributed by atoms with Crippen LogP contribution in [0.4, 0.5) is 0 Å². The first-order valence-electron chi connectivity index (χ1n) is 4.69. The van der Waals surface area contributed by atoms with Crippen LogP contribution in [-0.4, -0.2) is 11.9 Å². The molecule has 0 aliphatic rings. The van der Waals surface area contributed by atoms with E-state index in [0.717, 1.165) is 36.1 Å². The summed E-state index contributed by atoms with van der Waals surface area (Å²) in [7, 11) is 0. The van der Waals surface area contributed by atoms with Crippen molar-refractivity contribution in [1.29, 1.82) is 0 Å². The molecule has 0 unspecified atom stereocenters. The Bertz CT molecular complexity index is 289. The summed E-state index contributed by atoms with van der Waals surface area (Å²) in [6.45, 7) is 2.74. The molecule has 1 aromatic carbocycles. The molecule has 1 aromatic rings. The predicted octanol–water partition coefficient (Wildman–Crippen LogP) is 4.20. The molecular formula is C11H14BrClO. The molecule has 1 rings (SSSR count). The fourth-order valence-corrected chi connectivity index (χ4v) is 1.79. The van der Waals surface area contributed by atoms with Gasteiger partial charge in [0, 0.05) is 5.33 Å². The topological polar surface area (TPSA) is 9.23 Å². The first-order chi connectivity index (χ1) is 6.74. The molecule has 0 bridgehead atoms. The third-order valence-electron chi connectivity index (χ3n) is 1.87. The van der Waals surface area contributed by atoms with Crippen molar-refractivity contribution in [3.63, 3.8) is 0 Å². The van der Waals surface area contributed by atoms with Gasteiger partial charge in [0.25, 0.3) is 0 Å². The fourth-order valence-electron chi connectivity index (χ4n) is 1.10. The molecule has 0 aliphatic heterocycles. The average molecular weight is 278 g/mol. The van der Waals surface area contributed by atoms with E-state index < -0.39 is 0 Å². The molecule has 14 heavy (non-hydrogen) atoms. The fraction of sp³-hybridized carbons (Fsp3) is 0.455. The van der Waals surface area contributed by atoms with Crippen molar-refractivity contribution in [2.45, 2.75) is 19.8 Å². The summed E-state index contributed by atoms with van der Waals surface area (Å²) in [6.07, 6.45) is 2.18. The van der Waals surface area contributed by atoms with Crippen LogP contribution < -0.4 is 4.74 Å². The van der Waals surface area contributed by atoms with Gasteiger partial charge in [0.15, 0.2) is 0 Å². The third-order valence-corrected chi connectivity index (χ3v) is 2.73. The second kappa shape index (κ2) is 6.31. The number of unbranched alkanes of at least 4 members (excludes halogenated alkanes) is 1. The molecule has 0 radical (unpaired) electrons. The summed E-state index contributed by atoms with van der Waals surface area (Å²) in [5.41, 5.74) is 1.16. The lowest BCUT2D eigenvalue weighted by molar-refractivity contribution is 0.310. The Hall–Kier alpha value is -0.210. The average Bonchev–Trinajstić information content (AvgIpc) is 2.15. The van der Waals surface area contributed by atoms with Gasteiger partial charge in [0.1, 0.15) is 5.75 Å².